The Morgan fingerprint density at radius 1 is 1.28 bits per heavy atom. The van der Waals surface area contributed by atoms with Crippen LogP contribution in [0.3, 0.4) is 0 Å². The lowest BCUT2D eigenvalue weighted by molar-refractivity contribution is 0.0363. The zero-order chi connectivity index (χ0) is 23.3. The maximum atomic E-state index is 13.4. The van der Waals surface area contributed by atoms with E-state index in [4.69, 9.17) is 4.74 Å². The summed E-state index contributed by atoms with van der Waals surface area (Å²) in [6.45, 7) is 4.98. The van der Waals surface area contributed by atoms with Gasteiger partial charge in [0.1, 0.15) is 11.9 Å². The van der Waals surface area contributed by atoms with Crippen molar-refractivity contribution in [2.45, 2.75) is 64.1 Å². The fourth-order valence-electron chi connectivity index (χ4n) is 4.48. The highest BCUT2D eigenvalue weighted by molar-refractivity contribution is 5.99. The number of rotatable bonds is 6. The van der Waals surface area contributed by atoms with Gasteiger partial charge in [0, 0.05) is 30.7 Å². The van der Waals surface area contributed by atoms with Gasteiger partial charge in [-0.25, -0.2) is 4.79 Å². The summed E-state index contributed by atoms with van der Waals surface area (Å²) in [7, 11) is 3.99. The van der Waals surface area contributed by atoms with Gasteiger partial charge in [-0.1, -0.05) is 26.2 Å². The zero-order valence-electron chi connectivity index (χ0n) is 19.8. The number of nitrogens with zero attached hydrogens (tertiary/aromatic N) is 2. The molecule has 3 N–H and O–H groups in total. The molecule has 2 aliphatic rings. The number of fused-ring (bicyclic) bond motifs is 1. The van der Waals surface area contributed by atoms with Crippen LogP contribution in [0.5, 0.6) is 5.75 Å². The fourth-order valence-corrected chi connectivity index (χ4v) is 4.48. The minimum atomic E-state index is -0.317. The van der Waals surface area contributed by atoms with Gasteiger partial charge < -0.3 is 30.3 Å². The van der Waals surface area contributed by atoms with Gasteiger partial charge in [-0.05, 0) is 52.1 Å². The molecule has 178 valence electrons. The van der Waals surface area contributed by atoms with Gasteiger partial charge in [0.25, 0.3) is 5.91 Å². The molecule has 1 aromatic rings. The molecule has 1 heterocycles. The molecule has 0 spiro atoms. The van der Waals surface area contributed by atoms with Gasteiger partial charge in [0.15, 0.2) is 0 Å². The van der Waals surface area contributed by atoms with Crippen molar-refractivity contribution in [2.75, 3.05) is 39.1 Å². The van der Waals surface area contributed by atoms with E-state index in [9.17, 15) is 14.7 Å². The molecule has 8 nitrogen and oxygen atoms in total. The quantitative estimate of drug-likeness (QED) is 0.625. The summed E-state index contributed by atoms with van der Waals surface area (Å²) in [6, 6.07) is 4.83. The molecule has 0 saturated heterocycles. The number of ether oxygens (including phenoxy) is 1. The van der Waals surface area contributed by atoms with E-state index in [1.165, 1.54) is 6.42 Å². The maximum absolute atomic E-state index is 13.4. The summed E-state index contributed by atoms with van der Waals surface area (Å²) in [5.41, 5.74) is 0.944. The lowest BCUT2D eigenvalue weighted by Crippen LogP contribution is -2.49. The average molecular weight is 447 g/mol. The van der Waals surface area contributed by atoms with Gasteiger partial charge in [-0.2, -0.15) is 0 Å². The molecule has 32 heavy (non-hydrogen) atoms. The number of hydrogen-bond acceptors (Lipinski definition) is 5. The first-order valence-corrected chi connectivity index (χ1v) is 11.7. The number of anilines is 1. The van der Waals surface area contributed by atoms with E-state index >= 15 is 0 Å². The second-order valence-corrected chi connectivity index (χ2v) is 9.53. The summed E-state index contributed by atoms with van der Waals surface area (Å²) in [4.78, 5) is 29.7. The van der Waals surface area contributed by atoms with Crippen LogP contribution in [0, 0.1) is 5.92 Å². The van der Waals surface area contributed by atoms with Crippen LogP contribution in [0.1, 0.15) is 56.3 Å². The molecule has 1 saturated carbocycles. The van der Waals surface area contributed by atoms with Crippen molar-refractivity contribution < 1.29 is 19.4 Å². The monoisotopic (exact) mass is 446 g/mol. The van der Waals surface area contributed by atoms with E-state index in [-0.39, 0.29) is 42.7 Å². The number of likely N-dealkylation sites (N-methyl/N-ethyl adjacent to an activating group) is 1. The minimum absolute atomic E-state index is 0.0857. The normalized spacial score (nSPS) is 23.1. The zero-order valence-corrected chi connectivity index (χ0v) is 19.8. The largest absolute Gasteiger partial charge is 0.488 e. The number of nitrogens with one attached hydrogen (secondary N) is 2. The number of aliphatic hydroxyl groups is 1. The van der Waals surface area contributed by atoms with Gasteiger partial charge in [-0.3, -0.25) is 4.79 Å². The molecule has 3 rings (SSSR count). The highest BCUT2D eigenvalue weighted by atomic mass is 16.5. The number of aliphatic hydroxyl groups excluding tert-OH is 1. The highest BCUT2D eigenvalue weighted by Gasteiger charge is 2.33. The van der Waals surface area contributed by atoms with Crippen LogP contribution in [0.4, 0.5) is 10.5 Å². The van der Waals surface area contributed by atoms with Crippen molar-refractivity contribution in [3.05, 3.63) is 23.8 Å². The standard InChI is InChI=1S/C24H38N4O4/c1-16-13-28(17(2)15-29)23(30)20-12-19(10-11-21(20)32-22(16)14-27(3)4)26-24(31)25-18-8-6-5-7-9-18/h10-12,16-18,22,29H,5-9,13-15H2,1-4H3,(H2,25,26,31)/t16-,17-,22-/m0/s1. The topological polar surface area (TPSA) is 94.1 Å². The van der Waals surface area contributed by atoms with Crippen LogP contribution < -0.4 is 15.4 Å². The Bertz CT molecular complexity index is 794. The maximum Gasteiger partial charge on any atom is 0.319 e. The molecule has 8 heteroatoms. The molecule has 3 amide bonds. The summed E-state index contributed by atoms with van der Waals surface area (Å²) < 4.78 is 6.29. The first kappa shape index (κ1) is 24.3. The van der Waals surface area contributed by atoms with Crippen molar-refractivity contribution in [2.24, 2.45) is 5.92 Å². The van der Waals surface area contributed by atoms with E-state index in [1.807, 2.05) is 21.0 Å². The Hall–Kier alpha value is -2.32. The van der Waals surface area contributed by atoms with E-state index < -0.39 is 0 Å². The molecule has 0 aromatic heterocycles. The lowest BCUT2D eigenvalue weighted by atomic mass is 9.96. The van der Waals surface area contributed by atoms with E-state index in [0.29, 0.717) is 30.1 Å². The van der Waals surface area contributed by atoms with Crippen molar-refractivity contribution >= 4 is 17.6 Å². The van der Waals surface area contributed by atoms with Crippen LogP contribution in [0.25, 0.3) is 0 Å². The Labute approximate surface area is 191 Å². The summed E-state index contributed by atoms with van der Waals surface area (Å²) >= 11 is 0. The molecule has 1 aromatic carbocycles. The van der Waals surface area contributed by atoms with Crippen molar-refractivity contribution in [3.63, 3.8) is 0 Å². The predicted octanol–water partition coefficient (Wildman–Crippen LogP) is 2.92. The predicted molar refractivity (Wildman–Crippen MR) is 125 cm³/mol. The molecule has 0 unspecified atom stereocenters. The molecule has 0 bridgehead atoms. The first-order chi connectivity index (χ1) is 15.3. The summed E-state index contributed by atoms with van der Waals surface area (Å²) in [5.74, 6) is 0.386. The fraction of sp³-hybridized carbons (Fsp3) is 0.667. The van der Waals surface area contributed by atoms with Crippen molar-refractivity contribution in [1.82, 2.24) is 15.1 Å². The molecular formula is C24H38N4O4. The van der Waals surface area contributed by atoms with E-state index in [1.54, 1.807) is 23.1 Å². The Morgan fingerprint density at radius 2 is 2.00 bits per heavy atom. The Kier molecular flexibility index (Phi) is 8.37. The summed E-state index contributed by atoms with van der Waals surface area (Å²) in [6.07, 6.45) is 5.40. The molecule has 1 aliphatic heterocycles. The van der Waals surface area contributed by atoms with Gasteiger partial charge in [0.2, 0.25) is 0 Å². The third-order valence-corrected chi connectivity index (χ3v) is 6.41. The molecule has 1 aliphatic carbocycles. The molecule has 3 atom stereocenters. The lowest BCUT2D eigenvalue weighted by Gasteiger charge is -2.37. The highest BCUT2D eigenvalue weighted by Crippen LogP contribution is 2.30. The van der Waals surface area contributed by atoms with Gasteiger partial charge >= 0.3 is 6.03 Å². The third kappa shape index (κ3) is 6.13. The van der Waals surface area contributed by atoms with E-state index in [0.717, 1.165) is 25.7 Å². The van der Waals surface area contributed by atoms with Crippen LogP contribution in [-0.2, 0) is 0 Å². The van der Waals surface area contributed by atoms with Crippen LogP contribution in [-0.4, -0.2) is 78.8 Å². The number of urea groups is 1. The first-order valence-electron chi connectivity index (χ1n) is 11.7. The van der Waals surface area contributed by atoms with Crippen molar-refractivity contribution in [1.29, 1.82) is 0 Å². The van der Waals surface area contributed by atoms with Gasteiger partial charge in [0.05, 0.1) is 18.2 Å². The third-order valence-electron chi connectivity index (χ3n) is 6.41. The van der Waals surface area contributed by atoms with Crippen molar-refractivity contribution in [3.8, 4) is 5.75 Å². The SMILES string of the molecule is C[C@H]1CN([C@@H](C)CO)C(=O)c2cc(NC(=O)NC3CCCCC3)ccc2O[C@H]1CN(C)C. The number of benzene rings is 1. The number of carbonyl (C=O) groups excluding carboxylic acids is 2. The number of hydrogen-bond donors (Lipinski definition) is 3. The van der Waals surface area contributed by atoms with Gasteiger partial charge in [-0.15, -0.1) is 0 Å². The van der Waals surface area contributed by atoms with Crippen LogP contribution >= 0.6 is 0 Å². The molecule has 0 radical (unpaired) electrons. The average Bonchev–Trinajstić information content (AvgIpc) is 2.76. The molecule has 1 fully saturated rings. The summed E-state index contributed by atoms with van der Waals surface area (Å²) in [5, 5.41) is 15.7. The van der Waals surface area contributed by atoms with E-state index in [2.05, 4.69) is 22.5 Å². The molecular weight excluding hydrogens is 408 g/mol. The minimum Gasteiger partial charge on any atom is -0.488 e. The second kappa shape index (κ2) is 11.0. The number of amides is 3. The van der Waals surface area contributed by atoms with Crippen LogP contribution in [0.15, 0.2) is 18.2 Å². The Balaban J connectivity index is 1.84. The van der Waals surface area contributed by atoms with Crippen LogP contribution in [0.2, 0.25) is 0 Å². The number of carbonyl (C=O) groups is 2. The Morgan fingerprint density at radius 3 is 2.66 bits per heavy atom. The second-order valence-electron chi connectivity index (χ2n) is 9.53. The smallest absolute Gasteiger partial charge is 0.319 e.